The average Bonchev–Trinajstić information content (AvgIpc) is 3.13. The summed E-state index contributed by atoms with van der Waals surface area (Å²) in [5, 5.41) is 22.3. The number of aliphatic hydroxyl groups excluding tert-OH is 1. The molecule has 1 N–H and O–H groups in total. The highest BCUT2D eigenvalue weighted by atomic mass is 16.6. The second-order valence-electron chi connectivity index (χ2n) is 7.97. The molecule has 3 aromatic rings. The van der Waals surface area contributed by atoms with Gasteiger partial charge in [-0.1, -0.05) is 13.0 Å². The molecule has 1 aliphatic rings. The number of hydrogen-bond acceptors (Lipinski definition) is 7. The predicted octanol–water partition coefficient (Wildman–Crippen LogP) is 4.40. The van der Waals surface area contributed by atoms with E-state index in [4.69, 9.17) is 4.74 Å². The monoisotopic (exact) mass is 473 g/mol. The van der Waals surface area contributed by atoms with Gasteiger partial charge in [-0.25, -0.2) is 0 Å². The maximum absolute atomic E-state index is 13.1. The van der Waals surface area contributed by atoms with Gasteiger partial charge in [0, 0.05) is 23.9 Å². The first-order valence-corrected chi connectivity index (χ1v) is 11.1. The lowest BCUT2D eigenvalue weighted by atomic mass is 9.95. The van der Waals surface area contributed by atoms with Gasteiger partial charge in [0.15, 0.2) is 0 Å². The van der Waals surface area contributed by atoms with Gasteiger partial charge in [-0.15, -0.1) is 0 Å². The first-order chi connectivity index (χ1) is 16.9. The predicted molar refractivity (Wildman–Crippen MR) is 127 cm³/mol. The number of carbonyl (C=O) groups excluding carboxylic acids is 2. The van der Waals surface area contributed by atoms with Gasteiger partial charge in [0.1, 0.15) is 11.5 Å². The lowest BCUT2D eigenvalue weighted by molar-refractivity contribution is -0.384. The van der Waals surface area contributed by atoms with Crippen molar-refractivity contribution in [3.8, 4) is 5.75 Å². The number of ketones is 1. The van der Waals surface area contributed by atoms with Crippen molar-refractivity contribution in [3.05, 3.63) is 105 Å². The normalized spacial score (nSPS) is 16.9. The number of hydrogen-bond donors (Lipinski definition) is 1. The first kappa shape index (κ1) is 23.6. The van der Waals surface area contributed by atoms with Gasteiger partial charge in [-0.3, -0.25) is 24.7 Å². The van der Waals surface area contributed by atoms with E-state index in [1.165, 1.54) is 29.2 Å². The molecule has 178 valence electrons. The molecule has 0 bridgehead atoms. The van der Waals surface area contributed by atoms with Crippen LogP contribution in [0.1, 0.15) is 36.2 Å². The summed E-state index contributed by atoms with van der Waals surface area (Å²) < 4.78 is 5.57. The van der Waals surface area contributed by atoms with E-state index >= 15 is 0 Å². The van der Waals surface area contributed by atoms with Crippen molar-refractivity contribution >= 4 is 23.1 Å². The van der Waals surface area contributed by atoms with Gasteiger partial charge in [0.25, 0.3) is 17.4 Å². The standard InChI is InChI=1S/C26H23N3O6/c1-2-15-35-21-12-8-18(9-13-21)24(30)22-23(17-6-10-20(11-7-17)29(33)34)28(26(32)25(22)31)16-19-5-3-4-14-27-19/h3-14,23,30H,2,15-16H2,1H3/t23-/m1/s1. The van der Waals surface area contributed by atoms with E-state index in [1.807, 2.05) is 6.92 Å². The third kappa shape index (κ3) is 4.89. The van der Waals surface area contributed by atoms with E-state index in [-0.39, 0.29) is 23.6 Å². The molecule has 1 aliphatic heterocycles. The van der Waals surface area contributed by atoms with Gasteiger partial charge >= 0.3 is 0 Å². The van der Waals surface area contributed by atoms with Crippen molar-refractivity contribution in [2.45, 2.75) is 25.9 Å². The second-order valence-corrected chi connectivity index (χ2v) is 7.97. The number of Topliss-reactive ketones (excluding diaryl/α,β-unsaturated/α-hetero) is 1. The van der Waals surface area contributed by atoms with Crippen LogP contribution in [0.5, 0.6) is 5.75 Å². The third-order valence-corrected chi connectivity index (χ3v) is 5.62. The highest BCUT2D eigenvalue weighted by molar-refractivity contribution is 6.46. The number of rotatable bonds is 8. The molecule has 35 heavy (non-hydrogen) atoms. The Hall–Kier alpha value is -4.53. The minimum Gasteiger partial charge on any atom is -0.507 e. The van der Waals surface area contributed by atoms with Gasteiger partial charge in [0.2, 0.25) is 0 Å². The van der Waals surface area contributed by atoms with Crippen molar-refractivity contribution in [3.63, 3.8) is 0 Å². The van der Waals surface area contributed by atoms with Crippen molar-refractivity contribution in [2.24, 2.45) is 0 Å². The zero-order chi connectivity index (χ0) is 24.9. The number of likely N-dealkylation sites (tertiary alicyclic amines) is 1. The minimum atomic E-state index is -0.950. The Morgan fingerprint density at radius 2 is 1.80 bits per heavy atom. The Labute approximate surface area is 201 Å². The van der Waals surface area contributed by atoms with Crippen LogP contribution in [0.4, 0.5) is 5.69 Å². The van der Waals surface area contributed by atoms with E-state index in [0.717, 1.165) is 6.42 Å². The smallest absolute Gasteiger partial charge is 0.296 e. The number of carbonyl (C=O) groups is 2. The zero-order valence-corrected chi connectivity index (χ0v) is 19.0. The van der Waals surface area contributed by atoms with Gasteiger partial charge < -0.3 is 14.7 Å². The maximum atomic E-state index is 13.1. The third-order valence-electron chi connectivity index (χ3n) is 5.62. The molecule has 0 radical (unpaired) electrons. The SMILES string of the molecule is CCCOc1ccc(C(O)=C2C(=O)C(=O)N(Cc3ccccn3)[C@@H]2c2ccc([N+](=O)[O-])cc2)cc1. The van der Waals surface area contributed by atoms with Gasteiger partial charge in [-0.2, -0.15) is 0 Å². The molecule has 0 aliphatic carbocycles. The second kappa shape index (κ2) is 10.2. The van der Waals surface area contributed by atoms with Crippen LogP contribution in [0.2, 0.25) is 0 Å². The van der Waals surface area contributed by atoms with E-state index < -0.39 is 22.7 Å². The van der Waals surface area contributed by atoms with Crippen LogP contribution in [0, 0.1) is 10.1 Å². The Morgan fingerprint density at radius 3 is 2.40 bits per heavy atom. The molecule has 0 saturated carbocycles. The van der Waals surface area contributed by atoms with Crippen LogP contribution in [0.25, 0.3) is 5.76 Å². The topological polar surface area (TPSA) is 123 Å². The highest BCUT2D eigenvalue weighted by Crippen LogP contribution is 2.40. The summed E-state index contributed by atoms with van der Waals surface area (Å²) in [6.45, 7) is 2.56. The van der Waals surface area contributed by atoms with Gasteiger partial charge in [-0.05, 0) is 60.5 Å². The van der Waals surface area contributed by atoms with Crippen LogP contribution >= 0.6 is 0 Å². The molecule has 4 rings (SSSR count). The van der Waals surface area contributed by atoms with E-state index in [0.29, 0.717) is 29.2 Å². The van der Waals surface area contributed by atoms with Crippen molar-refractivity contribution < 1.29 is 24.4 Å². The molecule has 2 aromatic carbocycles. The summed E-state index contributed by atoms with van der Waals surface area (Å²) in [6, 6.07) is 16.4. The van der Waals surface area contributed by atoms with Crippen LogP contribution in [-0.2, 0) is 16.1 Å². The Bertz CT molecular complexity index is 1270. The number of benzene rings is 2. The zero-order valence-electron chi connectivity index (χ0n) is 19.0. The summed E-state index contributed by atoms with van der Waals surface area (Å²) in [5.41, 5.74) is 1.13. The molecule has 1 fully saturated rings. The summed E-state index contributed by atoms with van der Waals surface area (Å²) in [7, 11) is 0. The fraction of sp³-hybridized carbons (Fsp3) is 0.192. The largest absolute Gasteiger partial charge is 0.507 e. The lowest BCUT2D eigenvalue weighted by Gasteiger charge is -2.25. The molecule has 1 amide bonds. The molecule has 1 atom stereocenters. The molecule has 1 aromatic heterocycles. The summed E-state index contributed by atoms with van der Waals surface area (Å²) in [5.74, 6) is -1.35. The van der Waals surface area contributed by atoms with Crippen molar-refractivity contribution in [1.29, 1.82) is 0 Å². The Morgan fingerprint density at radius 1 is 1.09 bits per heavy atom. The number of aliphatic hydroxyl groups is 1. The number of ether oxygens (including phenoxy) is 1. The fourth-order valence-electron chi connectivity index (χ4n) is 3.92. The molecule has 0 unspecified atom stereocenters. The van der Waals surface area contributed by atoms with Crippen molar-refractivity contribution in [2.75, 3.05) is 6.61 Å². The number of nitro benzene ring substituents is 1. The summed E-state index contributed by atoms with van der Waals surface area (Å²) in [4.78, 5) is 42.3. The highest BCUT2D eigenvalue weighted by Gasteiger charge is 2.46. The fourth-order valence-corrected chi connectivity index (χ4v) is 3.92. The molecular formula is C26H23N3O6. The Kier molecular flexibility index (Phi) is 6.86. The summed E-state index contributed by atoms with van der Waals surface area (Å²) in [6.07, 6.45) is 2.42. The van der Waals surface area contributed by atoms with Gasteiger partial charge in [0.05, 0.1) is 35.4 Å². The number of amides is 1. The first-order valence-electron chi connectivity index (χ1n) is 11.1. The molecule has 9 nitrogen and oxygen atoms in total. The van der Waals surface area contributed by atoms with E-state index in [9.17, 15) is 24.8 Å². The lowest BCUT2D eigenvalue weighted by Crippen LogP contribution is -2.29. The number of non-ortho nitro benzene ring substituents is 1. The Balaban J connectivity index is 1.79. The summed E-state index contributed by atoms with van der Waals surface area (Å²) >= 11 is 0. The quantitative estimate of drug-likeness (QED) is 0.169. The number of pyridine rings is 1. The van der Waals surface area contributed by atoms with Crippen LogP contribution in [0.3, 0.4) is 0 Å². The van der Waals surface area contributed by atoms with Crippen LogP contribution in [0.15, 0.2) is 78.5 Å². The minimum absolute atomic E-state index is 0.0215. The van der Waals surface area contributed by atoms with Crippen LogP contribution in [-0.4, -0.2) is 38.2 Å². The molecular weight excluding hydrogens is 450 g/mol. The van der Waals surface area contributed by atoms with Crippen molar-refractivity contribution in [1.82, 2.24) is 9.88 Å². The number of nitrogens with zero attached hydrogens (tertiary/aromatic N) is 3. The maximum Gasteiger partial charge on any atom is 0.296 e. The molecule has 9 heteroatoms. The average molecular weight is 473 g/mol. The number of nitro groups is 1. The molecule has 0 spiro atoms. The van der Waals surface area contributed by atoms with Crippen LogP contribution < -0.4 is 4.74 Å². The molecule has 2 heterocycles. The molecule has 1 saturated heterocycles. The van der Waals surface area contributed by atoms with E-state index in [2.05, 4.69) is 4.98 Å². The number of aromatic nitrogens is 1. The van der Waals surface area contributed by atoms with E-state index in [1.54, 1.807) is 48.7 Å².